The number of hydrogen-bond acceptors (Lipinski definition) is 2. The summed E-state index contributed by atoms with van der Waals surface area (Å²) in [6.07, 6.45) is -10.5. The summed E-state index contributed by atoms with van der Waals surface area (Å²) < 4.78 is 77.6. The van der Waals surface area contributed by atoms with Crippen LogP contribution in [0.3, 0.4) is 0 Å². The van der Waals surface area contributed by atoms with Gasteiger partial charge in [0.25, 0.3) is 0 Å². The minimum atomic E-state index is -4.73. The lowest BCUT2D eigenvalue weighted by Gasteiger charge is -2.15. The molecule has 1 rings (SSSR count). The third-order valence-electron chi connectivity index (χ3n) is 1.95. The maximum atomic E-state index is 12.5. The molecule has 0 radical (unpaired) electrons. The van der Waals surface area contributed by atoms with E-state index in [0.29, 0.717) is 6.07 Å². The molecule has 0 amide bonds. The summed E-state index contributed by atoms with van der Waals surface area (Å²) in [5.41, 5.74) is 3.85. The van der Waals surface area contributed by atoms with Gasteiger partial charge in [0.2, 0.25) is 0 Å². The van der Waals surface area contributed by atoms with Gasteiger partial charge in [0.05, 0.1) is 18.6 Å². The van der Waals surface area contributed by atoms with Gasteiger partial charge in [-0.25, -0.2) is 0 Å². The van der Waals surface area contributed by atoms with Crippen LogP contribution in [0.25, 0.3) is 0 Å². The molecule has 2 nitrogen and oxygen atoms in total. The number of anilines is 1. The standard InChI is InChI=1S/C10H9F6NO/c11-9(12,13)3-4-18-8-2-1-6(17)5-7(8)10(14,15)16/h1-2,5H,3-4,17H2. The second-order valence-corrected chi connectivity index (χ2v) is 3.47. The Bertz CT molecular complexity index is 412. The van der Waals surface area contributed by atoms with Crippen LogP contribution < -0.4 is 10.5 Å². The van der Waals surface area contributed by atoms with Crippen molar-refractivity contribution in [3.05, 3.63) is 23.8 Å². The van der Waals surface area contributed by atoms with Crippen LogP contribution >= 0.6 is 0 Å². The van der Waals surface area contributed by atoms with Crippen LogP contribution in [0.2, 0.25) is 0 Å². The lowest BCUT2D eigenvalue weighted by Crippen LogP contribution is -2.15. The predicted octanol–water partition coefficient (Wildman–Crippen LogP) is 3.62. The SMILES string of the molecule is Nc1ccc(OCCC(F)(F)F)c(C(F)(F)F)c1. The van der Waals surface area contributed by atoms with Crippen molar-refractivity contribution in [2.45, 2.75) is 18.8 Å². The van der Waals surface area contributed by atoms with E-state index < -0.39 is 36.7 Å². The highest BCUT2D eigenvalue weighted by Gasteiger charge is 2.35. The molecule has 1 aromatic carbocycles. The molecule has 0 saturated carbocycles. The molecule has 0 bridgehead atoms. The number of ether oxygens (including phenoxy) is 1. The number of rotatable bonds is 3. The Hall–Kier alpha value is -1.60. The Balaban J connectivity index is 2.83. The average Bonchev–Trinajstić information content (AvgIpc) is 2.17. The second kappa shape index (κ2) is 4.95. The van der Waals surface area contributed by atoms with Crippen molar-refractivity contribution < 1.29 is 31.1 Å². The Labute approximate surface area is 98.3 Å². The fourth-order valence-corrected chi connectivity index (χ4v) is 1.17. The van der Waals surface area contributed by atoms with Gasteiger partial charge in [-0.2, -0.15) is 26.3 Å². The van der Waals surface area contributed by atoms with Crippen molar-refractivity contribution in [2.24, 2.45) is 0 Å². The molecule has 0 aliphatic carbocycles. The van der Waals surface area contributed by atoms with Crippen molar-refractivity contribution in [3.8, 4) is 5.75 Å². The molecule has 18 heavy (non-hydrogen) atoms. The quantitative estimate of drug-likeness (QED) is 0.674. The van der Waals surface area contributed by atoms with Crippen LogP contribution in [0, 0.1) is 0 Å². The monoisotopic (exact) mass is 273 g/mol. The number of benzene rings is 1. The molecule has 0 atom stereocenters. The molecule has 0 fully saturated rings. The highest BCUT2D eigenvalue weighted by Crippen LogP contribution is 2.37. The molecule has 0 spiro atoms. The molecule has 8 heteroatoms. The normalized spacial score (nSPS) is 12.6. The van der Waals surface area contributed by atoms with E-state index >= 15 is 0 Å². The fourth-order valence-electron chi connectivity index (χ4n) is 1.17. The van der Waals surface area contributed by atoms with E-state index in [1.165, 1.54) is 0 Å². The van der Waals surface area contributed by atoms with Gasteiger partial charge in [-0.1, -0.05) is 0 Å². The van der Waals surface area contributed by atoms with Crippen LogP contribution in [0.5, 0.6) is 5.75 Å². The topological polar surface area (TPSA) is 35.2 Å². The Kier molecular flexibility index (Phi) is 3.98. The van der Waals surface area contributed by atoms with Gasteiger partial charge in [-0.15, -0.1) is 0 Å². The van der Waals surface area contributed by atoms with Gasteiger partial charge >= 0.3 is 12.4 Å². The Morgan fingerprint density at radius 3 is 2.17 bits per heavy atom. The van der Waals surface area contributed by atoms with Gasteiger partial charge in [-0.3, -0.25) is 0 Å². The van der Waals surface area contributed by atoms with Crippen molar-refractivity contribution in [1.29, 1.82) is 0 Å². The largest absolute Gasteiger partial charge is 0.493 e. The van der Waals surface area contributed by atoms with Gasteiger partial charge in [0.15, 0.2) is 0 Å². The zero-order valence-electron chi connectivity index (χ0n) is 8.90. The highest BCUT2D eigenvalue weighted by molar-refractivity contribution is 5.49. The van der Waals surface area contributed by atoms with Gasteiger partial charge in [0, 0.05) is 5.69 Å². The van der Waals surface area contributed by atoms with Crippen molar-refractivity contribution in [1.82, 2.24) is 0 Å². The van der Waals surface area contributed by atoms with Gasteiger partial charge in [0.1, 0.15) is 5.75 Å². The maximum Gasteiger partial charge on any atom is 0.420 e. The summed E-state index contributed by atoms with van der Waals surface area (Å²) in [5, 5.41) is 0. The Morgan fingerprint density at radius 1 is 1.06 bits per heavy atom. The molecule has 0 saturated heterocycles. The summed E-state index contributed by atoms with van der Waals surface area (Å²) in [6, 6.07) is 2.63. The van der Waals surface area contributed by atoms with Crippen molar-refractivity contribution >= 4 is 5.69 Å². The third kappa shape index (κ3) is 4.34. The molecule has 102 valence electrons. The van der Waals surface area contributed by atoms with Crippen LogP contribution in [0.1, 0.15) is 12.0 Å². The lowest BCUT2D eigenvalue weighted by molar-refractivity contribution is -0.143. The minimum absolute atomic E-state index is 0.148. The van der Waals surface area contributed by atoms with E-state index in [-0.39, 0.29) is 5.69 Å². The molecule has 2 N–H and O–H groups in total. The van der Waals surface area contributed by atoms with Crippen LogP contribution in [-0.4, -0.2) is 12.8 Å². The van der Waals surface area contributed by atoms with E-state index in [2.05, 4.69) is 4.74 Å². The number of nitrogen functional groups attached to an aromatic ring is 1. The van der Waals surface area contributed by atoms with E-state index in [4.69, 9.17) is 5.73 Å². The van der Waals surface area contributed by atoms with E-state index in [1.807, 2.05) is 0 Å². The second-order valence-electron chi connectivity index (χ2n) is 3.47. The first kappa shape index (κ1) is 14.5. The van der Waals surface area contributed by atoms with E-state index in [0.717, 1.165) is 12.1 Å². The zero-order valence-corrected chi connectivity index (χ0v) is 8.90. The first-order valence-electron chi connectivity index (χ1n) is 4.76. The van der Waals surface area contributed by atoms with Crippen molar-refractivity contribution in [3.63, 3.8) is 0 Å². The molecule has 0 heterocycles. The smallest absolute Gasteiger partial charge is 0.420 e. The fraction of sp³-hybridized carbons (Fsp3) is 0.400. The maximum absolute atomic E-state index is 12.5. The molecule has 0 unspecified atom stereocenters. The number of nitrogens with two attached hydrogens (primary N) is 1. The molecular formula is C10H9F6NO. The van der Waals surface area contributed by atoms with E-state index in [1.54, 1.807) is 0 Å². The predicted molar refractivity (Wildman–Crippen MR) is 52.0 cm³/mol. The summed E-state index contributed by atoms with van der Waals surface area (Å²) in [7, 11) is 0. The zero-order chi connectivity index (χ0) is 14.0. The molecule has 0 aliphatic heterocycles. The molecule has 1 aromatic rings. The van der Waals surface area contributed by atoms with Crippen molar-refractivity contribution in [2.75, 3.05) is 12.3 Å². The van der Waals surface area contributed by atoms with Gasteiger partial charge in [-0.05, 0) is 18.2 Å². The van der Waals surface area contributed by atoms with Gasteiger partial charge < -0.3 is 10.5 Å². The lowest BCUT2D eigenvalue weighted by atomic mass is 10.1. The van der Waals surface area contributed by atoms with Crippen LogP contribution in [0.15, 0.2) is 18.2 Å². The number of hydrogen-bond donors (Lipinski definition) is 1. The highest BCUT2D eigenvalue weighted by atomic mass is 19.4. The number of alkyl halides is 6. The van der Waals surface area contributed by atoms with Crippen LogP contribution in [-0.2, 0) is 6.18 Å². The number of halogens is 6. The Morgan fingerprint density at radius 2 is 1.67 bits per heavy atom. The summed E-state index contributed by atoms with van der Waals surface area (Å²) >= 11 is 0. The first-order chi connectivity index (χ1) is 8.09. The van der Waals surface area contributed by atoms with E-state index in [9.17, 15) is 26.3 Å². The summed E-state index contributed by atoms with van der Waals surface area (Å²) in [6.45, 7) is -0.878. The average molecular weight is 273 g/mol. The third-order valence-corrected chi connectivity index (χ3v) is 1.95. The molecule has 0 aromatic heterocycles. The summed E-state index contributed by atoms with van der Waals surface area (Å²) in [5.74, 6) is -0.666. The van der Waals surface area contributed by atoms with Crippen LogP contribution in [0.4, 0.5) is 32.0 Å². The summed E-state index contributed by atoms with van der Waals surface area (Å²) in [4.78, 5) is 0. The molecular weight excluding hydrogens is 264 g/mol. The minimum Gasteiger partial charge on any atom is -0.493 e. The first-order valence-corrected chi connectivity index (χ1v) is 4.76. The molecule has 0 aliphatic rings.